The second-order valence-electron chi connectivity index (χ2n) is 7.68. The summed E-state index contributed by atoms with van der Waals surface area (Å²) in [6, 6.07) is 20.6. The summed E-state index contributed by atoms with van der Waals surface area (Å²) >= 11 is 7.26. The fourth-order valence-electron chi connectivity index (χ4n) is 3.46. The van der Waals surface area contributed by atoms with Gasteiger partial charge in [-0.1, -0.05) is 53.7 Å². The van der Waals surface area contributed by atoms with Crippen molar-refractivity contribution >= 4 is 40.6 Å². The second kappa shape index (κ2) is 11.8. The van der Waals surface area contributed by atoms with Crippen LogP contribution in [0.1, 0.15) is 18.9 Å². The Morgan fingerprint density at radius 1 is 1.11 bits per heavy atom. The number of nitro groups is 1. The molecule has 0 aliphatic heterocycles. The molecule has 1 atom stereocenters. The third-order valence-corrected chi connectivity index (χ3v) is 6.43. The Morgan fingerprint density at radius 3 is 2.51 bits per heavy atom. The molecule has 1 aromatic heterocycles. The zero-order valence-corrected chi connectivity index (χ0v) is 21.4. The van der Waals surface area contributed by atoms with E-state index in [9.17, 15) is 14.9 Å². The number of anilines is 1. The van der Waals surface area contributed by atoms with Crippen LogP contribution in [0.15, 0.2) is 78.0 Å². The molecule has 0 saturated carbocycles. The molecule has 0 spiro atoms. The van der Waals surface area contributed by atoms with E-state index < -0.39 is 16.9 Å². The van der Waals surface area contributed by atoms with Crippen molar-refractivity contribution < 1.29 is 19.2 Å². The van der Waals surface area contributed by atoms with Gasteiger partial charge in [0.25, 0.3) is 5.69 Å². The Hall–Kier alpha value is -4.09. The normalized spacial score (nSPS) is 11.5. The lowest BCUT2D eigenvalue weighted by Crippen LogP contribution is -2.15. The first-order valence-corrected chi connectivity index (χ1v) is 12.4. The minimum atomic E-state index is -0.557. The second-order valence-corrected chi connectivity index (χ2v) is 9.03. The number of amides is 1. The summed E-state index contributed by atoms with van der Waals surface area (Å²) in [7, 11) is 1.57. The van der Waals surface area contributed by atoms with Crippen LogP contribution in [0.5, 0.6) is 11.5 Å². The zero-order valence-electron chi connectivity index (χ0n) is 19.8. The van der Waals surface area contributed by atoms with Gasteiger partial charge in [-0.05, 0) is 37.3 Å². The van der Waals surface area contributed by atoms with Gasteiger partial charge < -0.3 is 14.8 Å². The molecule has 4 rings (SSSR count). The number of non-ortho nitro benzene ring substituents is 1. The molecule has 3 aromatic carbocycles. The summed E-state index contributed by atoms with van der Waals surface area (Å²) < 4.78 is 13.3. The maximum atomic E-state index is 12.7. The van der Waals surface area contributed by atoms with E-state index >= 15 is 0 Å². The van der Waals surface area contributed by atoms with Crippen molar-refractivity contribution in [1.29, 1.82) is 0 Å². The number of halogens is 1. The number of hydrogen-bond donors (Lipinski definition) is 1. The molecule has 4 aromatic rings. The van der Waals surface area contributed by atoms with Gasteiger partial charge in [0.2, 0.25) is 5.91 Å². The Kier molecular flexibility index (Phi) is 8.26. The Bertz CT molecular complexity index is 1420. The number of carbonyl (C=O) groups is 1. The molecular formula is C25H22ClN5O5S. The van der Waals surface area contributed by atoms with Gasteiger partial charge in [-0.25, -0.2) is 0 Å². The van der Waals surface area contributed by atoms with E-state index in [2.05, 4.69) is 15.5 Å². The van der Waals surface area contributed by atoms with Crippen molar-refractivity contribution in [3.8, 4) is 17.2 Å². The van der Waals surface area contributed by atoms with Crippen molar-refractivity contribution in [3.05, 3.63) is 93.8 Å². The Balaban J connectivity index is 1.55. The maximum Gasteiger partial charge on any atom is 0.271 e. The number of nitrogens with one attached hydrogen (secondary N) is 1. The third kappa shape index (κ3) is 6.19. The fourth-order valence-corrected chi connectivity index (χ4v) is 4.38. The number of para-hydroxylation sites is 3. The van der Waals surface area contributed by atoms with Gasteiger partial charge in [0.05, 0.1) is 28.5 Å². The number of benzene rings is 3. The van der Waals surface area contributed by atoms with E-state index in [4.69, 9.17) is 21.1 Å². The first kappa shape index (κ1) is 26.0. The summed E-state index contributed by atoms with van der Waals surface area (Å²) in [6.07, 6.45) is -0.504. The molecule has 37 heavy (non-hydrogen) atoms. The number of rotatable bonds is 10. The van der Waals surface area contributed by atoms with E-state index in [0.29, 0.717) is 22.5 Å². The molecule has 0 bridgehead atoms. The highest BCUT2D eigenvalue weighted by atomic mass is 35.5. The quantitative estimate of drug-likeness (QED) is 0.154. The van der Waals surface area contributed by atoms with Crippen molar-refractivity contribution in [3.63, 3.8) is 0 Å². The predicted molar refractivity (Wildman–Crippen MR) is 141 cm³/mol. The van der Waals surface area contributed by atoms with E-state index in [-0.39, 0.29) is 22.2 Å². The van der Waals surface area contributed by atoms with Crippen molar-refractivity contribution in [2.24, 2.45) is 0 Å². The molecule has 1 amide bonds. The molecular weight excluding hydrogens is 518 g/mol. The van der Waals surface area contributed by atoms with Crippen LogP contribution in [0.3, 0.4) is 0 Å². The molecule has 10 nitrogen and oxygen atoms in total. The van der Waals surface area contributed by atoms with E-state index in [1.54, 1.807) is 19.2 Å². The molecule has 12 heteroatoms. The molecule has 0 fully saturated rings. The SMILES string of the molecule is COc1ccccc1OC(C)c1nnc(SCC(=O)Nc2cc([N+](=O)[O-])ccc2Cl)n1-c1ccccc1. The molecule has 0 radical (unpaired) electrons. The van der Waals surface area contributed by atoms with Gasteiger partial charge in [0, 0.05) is 17.8 Å². The number of nitrogens with zero attached hydrogens (tertiary/aromatic N) is 4. The summed E-state index contributed by atoms with van der Waals surface area (Å²) in [5.74, 6) is 1.23. The van der Waals surface area contributed by atoms with E-state index in [1.807, 2.05) is 54.0 Å². The van der Waals surface area contributed by atoms with Gasteiger partial charge in [0.1, 0.15) is 0 Å². The summed E-state index contributed by atoms with van der Waals surface area (Å²) in [5, 5.41) is 23.0. The summed E-state index contributed by atoms with van der Waals surface area (Å²) in [6.45, 7) is 1.85. The average Bonchev–Trinajstić information content (AvgIpc) is 3.33. The molecule has 1 N–H and O–H groups in total. The van der Waals surface area contributed by atoms with Crippen LogP contribution in [-0.4, -0.2) is 38.5 Å². The van der Waals surface area contributed by atoms with Gasteiger partial charge >= 0.3 is 0 Å². The lowest BCUT2D eigenvalue weighted by atomic mass is 10.3. The smallest absolute Gasteiger partial charge is 0.271 e. The van der Waals surface area contributed by atoms with Gasteiger partial charge in [-0.2, -0.15) is 0 Å². The third-order valence-electron chi connectivity index (χ3n) is 5.18. The number of thioether (sulfide) groups is 1. The highest BCUT2D eigenvalue weighted by Crippen LogP contribution is 2.33. The van der Waals surface area contributed by atoms with Crippen molar-refractivity contribution in [2.45, 2.75) is 18.2 Å². The molecule has 1 heterocycles. The van der Waals surface area contributed by atoms with Crippen LogP contribution >= 0.6 is 23.4 Å². The molecule has 0 aliphatic carbocycles. The minimum absolute atomic E-state index is 0.0360. The fraction of sp³-hybridized carbons (Fsp3) is 0.160. The number of methoxy groups -OCH3 is 1. The maximum absolute atomic E-state index is 12.7. The van der Waals surface area contributed by atoms with Crippen LogP contribution in [0.25, 0.3) is 5.69 Å². The number of carbonyl (C=O) groups excluding carboxylic acids is 1. The highest BCUT2D eigenvalue weighted by molar-refractivity contribution is 7.99. The van der Waals surface area contributed by atoms with Crippen molar-refractivity contribution in [2.75, 3.05) is 18.2 Å². The Labute approximate surface area is 221 Å². The van der Waals surface area contributed by atoms with Crippen LogP contribution < -0.4 is 14.8 Å². The van der Waals surface area contributed by atoms with E-state index in [1.165, 1.54) is 18.2 Å². The van der Waals surface area contributed by atoms with E-state index in [0.717, 1.165) is 17.4 Å². The topological polar surface area (TPSA) is 121 Å². The highest BCUT2D eigenvalue weighted by Gasteiger charge is 2.23. The average molecular weight is 540 g/mol. The first-order chi connectivity index (χ1) is 17.9. The van der Waals surface area contributed by atoms with Crippen LogP contribution in [0.2, 0.25) is 5.02 Å². The van der Waals surface area contributed by atoms with Crippen LogP contribution in [0.4, 0.5) is 11.4 Å². The first-order valence-electron chi connectivity index (χ1n) is 11.0. The van der Waals surface area contributed by atoms with Crippen LogP contribution in [-0.2, 0) is 4.79 Å². The summed E-state index contributed by atoms with van der Waals surface area (Å²) in [4.78, 5) is 23.2. The number of nitro benzene ring substituents is 1. The molecule has 1 unspecified atom stereocenters. The van der Waals surface area contributed by atoms with Gasteiger partial charge in [-0.3, -0.25) is 19.5 Å². The predicted octanol–water partition coefficient (Wildman–Crippen LogP) is 5.71. The minimum Gasteiger partial charge on any atom is -0.493 e. The van der Waals surface area contributed by atoms with Crippen molar-refractivity contribution in [1.82, 2.24) is 14.8 Å². The largest absolute Gasteiger partial charge is 0.493 e. The van der Waals surface area contributed by atoms with Crippen LogP contribution in [0, 0.1) is 10.1 Å². The zero-order chi connectivity index (χ0) is 26.4. The van der Waals surface area contributed by atoms with Gasteiger partial charge in [0.15, 0.2) is 28.6 Å². The molecule has 0 aliphatic rings. The lowest BCUT2D eigenvalue weighted by Gasteiger charge is -2.18. The summed E-state index contributed by atoms with van der Waals surface area (Å²) in [5.41, 5.74) is 0.776. The Morgan fingerprint density at radius 2 is 1.81 bits per heavy atom. The monoisotopic (exact) mass is 539 g/mol. The van der Waals surface area contributed by atoms with Gasteiger partial charge in [-0.15, -0.1) is 10.2 Å². The number of ether oxygens (including phenoxy) is 2. The standard InChI is InChI=1S/C25H22ClN5O5S/c1-16(36-22-11-7-6-10-21(22)35-2)24-28-29-25(30(24)17-8-4-3-5-9-17)37-15-23(32)27-20-14-18(31(33)34)12-13-19(20)26/h3-14,16H,15H2,1-2H3,(H,27,32). The number of hydrogen-bond acceptors (Lipinski definition) is 8. The lowest BCUT2D eigenvalue weighted by molar-refractivity contribution is -0.384. The molecule has 0 saturated heterocycles. The molecule has 190 valence electrons. The number of aromatic nitrogens is 3.